The third-order valence-electron chi connectivity index (χ3n) is 6.87. The van der Waals surface area contributed by atoms with Crippen molar-refractivity contribution in [3.8, 4) is 0 Å². The van der Waals surface area contributed by atoms with Crippen LogP contribution in [0.5, 0.6) is 0 Å². The smallest absolute Gasteiger partial charge is 0.493 e. The van der Waals surface area contributed by atoms with Gasteiger partial charge in [-0.05, 0) is 24.1 Å². The number of oxime groups is 1. The normalized spacial score (nSPS) is 20.7. The van der Waals surface area contributed by atoms with Gasteiger partial charge in [-0.3, -0.25) is 24.1 Å². The molecule has 246 valence electrons. The number of nitrogens with zero attached hydrogens (tertiary/aromatic N) is 5. The number of nitrogens with two attached hydrogens (primary N) is 2. The maximum Gasteiger partial charge on any atom is 0.493 e. The molecular weight excluding hydrogens is 673 g/mol. The van der Waals surface area contributed by atoms with Gasteiger partial charge in [-0.15, -0.1) is 23.1 Å². The summed E-state index contributed by atoms with van der Waals surface area (Å²) in [5.74, 6) is -7.65. The van der Waals surface area contributed by atoms with Gasteiger partial charge >= 0.3 is 12.1 Å². The van der Waals surface area contributed by atoms with Gasteiger partial charge in [-0.2, -0.15) is 17.7 Å². The zero-order valence-electron chi connectivity index (χ0n) is 23.6. The number of fused-ring (bicyclic) bond motifs is 1. The number of allylic oxidation sites excluding steroid dienone is 1. The quantitative estimate of drug-likeness (QED) is 0.0653. The van der Waals surface area contributed by atoms with Crippen LogP contribution in [0.15, 0.2) is 58.0 Å². The molecule has 2 atom stereocenters. The Labute approximate surface area is 269 Å². The second-order valence-corrected chi connectivity index (χ2v) is 12.0. The highest BCUT2D eigenvalue weighted by atomic mass is 32.2. The predicted octanol–water partition coefficient (Wildman–Crippen LogP) is -1.93. The first-order chi connectivity index (χ1) is 22.1. The van der Waals surface area contributed by atoms with Crippen molar-refractivity contribution in [3.63, 3.8) is 0 Å². The molecule has 2 aromatic rings. The molecular formula is C26H21F3N8O8S2. The zero-order chi connectivity index (χ0) is 34.2. The summed E-state index contributed by atoms with van der Waals surface area (Å²) >= 11 is 1.84. The number of thiazole rings is 1. The summed E-state index contributed by atoms with van der Waals surface area (Å²) in [5.41, 5.74) is 9.82. The van der Waals surface area contributed by atoms with Gasteiger partial charge in [0.2, 0.25) is 6.54 Å². The number of carboxylic acids is 1. The fourth-order valence-electron chi connectivity index (χ4n) is 4.84. The van der Waals surface area contributed by atoms with E-state index in [1.807, 2.05) is 0 Å². The molecule has 2 fully saturated rings. The number of β-lactam (4-membered cyclic amide) rings is 1. The van der Waals surface area contributed by atoms with Crippen molar-refractivity contribution in [1.29, 1.82) is 0 Å². The highest BCUT2D eigenvalue weighted by Gasteiger charge is 2.53. The molecule has 0 aliphatic carbocycles. The Kier molecular flexibility index (Phi) is 9.02. The molecule has 5 heterocycles. The van der Waals surface area contributed by atoms with Crippen molar-refractivity contribution in [1.82, 2.24) is 15.2 Å². The van der Waals surface area contributed by atoms with Gasteiger partial charge in [-0.1, -0.05) is 5.16 Å². The van der Waals surface area contributed by atoms with Gasteiger partial charge in [0.05, 0.1) is 11.7 Å². The van der Waals surface area contributed by atoms with Crippen LogP contribution in [0.4, 0.5) is 24.0 Å². The maximum absolute atomic E-state index is 13.2. The third kappa shape index (κ3) is 6.79. The number of rotatable bonds is 9. The summed E-state index contributed by atoms with van der Waals surface area (Å²) in [4.78, 5) is 84.0. The van der Waals surface area contributed by atoms with Gasteiger partial charge in [0.1, 0.15) is 22.8 Å². The van der Waals surface area contributed by atoms with E-state index in [0.29, 0.717) is 5.69 Å². The monoisotopic (exact) mass is 694 g/mol. The minimum atomic E-state index is -5.42. The first kappa shape index (κ1) is 33.1. The lowest BCUT2D eigenvalue weighted by molar-refractivity contribution is -0.683. The van der Waals surface area contributed by atoms with E-state index in [9.17, 15) is 47.0 Å². The summed E-state index contributed by atoms with van der Waals surface area (Å²) in [7, 11) is 0. The number of hydrogen-bond donors (Lipinski definition) is 3. The van der Waals surface area contributed by atoms with E-state index >= 15 is 0 Å². The van der Waals surface area contributed by atoms with Crippen molar-refractivity contribution < 1.29 is 56.4 Å². The average molecular weight is 695 g/mol. The number of carboxylic acid groups (broad SMARTS) is 1. The van der Waals surface area contributed by atoms with Crippen LogP contribution in [0.3, 0.4) is 0 Å². The summed E-state index contributed by atoms with van der Waals surface area (Å²) in [6, 6.07) is 1.91. The number of nitrogen functional groups attached to an aromatic ring is 1. The molecule has 16 nitrogen and oxygen atoms in total. The lowest BCUT2D eigenvalue weighted by atomic mass is 10.0. The summed E-state index contributed by atoms with van der Waals surface area (Å²) in [5, 5.41) is 17.5. The number of carbonyl (C=O) groups is 6. The van der Waals surface area contributed by atoms with Gasteiger partial charge in [0.25, 0.3) is 23.6 Å². The molecule has 5 rings (SSSR count). The van der Waals surface area contributed by atoms with E-state index < -0.39 is 64.6 Å². The Bertz CT molecular complexity index is 1810. The Morgan fingerprint density at radius 3 is 2.66 bits per heavy atom. The number of amides is 4. The lowest BCUT2D eigenvalue weighted by Crippen LogP contribution is -2.71. The van der Waals surface area contributed by atoms with Crippen molar-refractivity contribution in [2.45, 2.75) is 30.6 Å². The summed E-state index contributed by atoms with van der Waals surface area (Å²) in [6.45, 7) is 0.141. The Morgan fingerprint density at radius 1 is 1.28 bits per heavy atom. The largest absolute Gasteiger partial charge is 0.543 e. The maximum atomic E-state index is 13.2. The molecule has 0 bridgehead atoms. The fourth-order valence-corrected chi connectivity index (χ4v) is 6.70. The van der Waals surface area contributed by atoms with Crippen LogP contribution in [0.1, 0.15) is 12.1 Å². The minimum absolute atomic E-state index is 0.0301. The predicted molar refractivity (Wildman–Crippen MR) is 153 cm³/mol. The SMILES string of the molecule is NC(=O)C[n+]1cccc(N2CCC(=CC3=C(C(=O)[O-])N4C(=O)[C@@H](NC(=O)/C(=N\OC(=O)C(F)(F)F)c5csc(N)n5)[C@H]4SC3)C2=O)c1. The van der Waals surface area contributed by atoms with Gasteiger partial charge < -0.3 is 36.4 Å². The molecule has 0 aromatic carbocycles. The number of thioether (sulfide) groups is 1. The minimum Gasteiger partial charge on any atom is -0.543 e. The van der Waals surface area contributed by atoms with Gasteiger partial charge in [0.15, 0.2) is 23.2 Å². The average Bonchev–Trinajstić information content (AvgIpc) is 3.59. The molecule has 21 heteroatoms. The number of primary amides is 1. The number of nitrogens with one attached hydrogen (secondary N) is 1. The van der Waals surface area contributed by atoms with Gasteiger partial charge in [-0.25, -0.2) is 9.78 Å². The van der Waals surface area contributed by atoms with Crippen LogP contribution in [0, 0.1) is 0 Å². The van der Waals surface area contributed by atoms with Crippen LogP contribution in [-0.2, 0) is 40.1 Å². The first-order valence-electron chi connectivity index (χ1n) is 13.2. The standard InChI is InChI=1S/C26H21F3N8O8S2/c27-26(28,29)24(44)45-34-16(14-10-47-25(31)32-14)19(39)33-17-21(41)37-18(23(42)43)12(9-46-22(17)37)6-11-3-5-36(20(11)40)13-2-1-4-35(7-13)8-15(30)38/h1-2,4,6-7,10,17,22H,3,5,8-9H2,(H5-,30,31,32,33,38,39,42,43)/b11-6?,34-16-/t17-,22-/m1/s1. The van der Waals surface area contributed by atoms with Crippen LogP contribution >= 0.6 is 23.1 Å². The molecule has 3 aliphatic rings. The van der Waals surface area contributed by atoms with E-state index in [4.69, 9.17) is 11.5 Å². The number of aliphatic carboxylic acids is 1. The Balaban J connectivity index is 1.34. The van der Waals surface area contributed by atoms with E-state index in [2.05, 4.69) is 20.3 Å². The highest BCUT2D eigenvalue weighted by molar-refractivity contribution is 8.00. The number of hydrogen-bond acceptors (Lipinski definition) is 13. The number of pyridine rings is 1. The summed E-state index contributed by atoms with van der Waals surface area (Å²) < 4.78 is 39.4. The van der Waals surface area contributed by atoms with Crippen LogP contribution in [0.25, 0.3) is 0 Å². The molecule has 0 unspecified atom stereocenters. The molecule has 4 amide bonds. The molecule has 47 heavy (non-hydrogen) atoms. The van der Waals surface area contributed by atoms with Gasteiger partial charge in [0, 0.05) is 29.3 Å². The summed E-state index contributed by atoms with van der Waals surface area (Å²) in [6.07, 6.45) is -0.665. The van der Waals surface area contributed by atoms with Crippen LogP contribution in [-0.4, -0.2) is 81.1 Å². The van der Waals surface area contributed by atoms with E-state index in [0.717, 1.165) is 33.4 Å². The van der Waals surface area contributed by atoms with E-state index in [-0.39, 0.29) is 47.2 Å². The van der Waals surface area contributed by atoms with E-state index in [1.165, 1.54) is 15.5 Å². The van der Waals surface area contributed by atoms with Crippen molar-refractivity contribution >= 4 is 75.2 Å². The fraction of sp³-hybridized carbons (Fsp3) is 0.269. The number of carbonyl (C=O) groups excluding carboxylic acids is 6. The molecule has 5 N–H and O–H groups in total. The zero-order valence-corrected chi connectivity index (χ0v) is 25.2. The molecule has 3 aliphatic heterocycles. The van der Waals surface area contributed by atoms with Crippen molar-refractivity contribution in [3.05, 3.63) is 58.5 Å². The van der Waals surface area contributed by atoms with Crippen LogP contribution in [0.2, 0.25) is 0 Å². The second kappa shape index (κ2) is 12.8. The molecule has 2 saturated heterocycles. The van der Waals surface area contributed by atoms with Crippen LogP contribution < -0.4 is 31.4 Å². The first-order valence-corrected chi connectivity index (χ1v) is 15.2. The Hall–Kier alpha value is -5.31. The number of alkyl halides is 3. The lowest BCUT2D eigenvalue weighted by Gasteiger charge is -2.50. The number of halogens is 3. The molecule has 0 spiro atoms. The molecule has 0 radical (unpaired) electrons. The molecule has 2 aromatic heterocycles. The topological polar surface area (TPSA) is 234 Å². The Morgan fingerprint density at radius 2 is 2.02 bits per heavy atom. The number of anilines is 2. The van der Waals surface area contributed by atoms with E-state index in [1.54, 1.807) is 24.5 Å². The molecule has 0 saturated carbocycles. The van der Waals surface area contributed by atoms with Crippen molar-refractivity contribution in [2.24, 2.45) is 10.9 Å². The highest BCUT2D eigenvalue weighted by Crippen LogP contribution is 2.41. The number of aromatic nitrogens is 2. The van der Waals surface area contributed by atoms with Crippen molar-refractivity contribution in [2.75, 3.05) is 22.9 Å². The second-order valence-electron chi connectivity index (χ2n) is 9.99. The third-order valence-corrected chi connectivity index (χ3v) is 8.85.